The average Bonchev–Trinajstić information content (AvgIpc) is 2.77. The highest BCUT2D eigenvalue weighted by Crippen LogP contribution is 2.32. The van der Waals surface area contributed by atoms with Crippen LogP contribution in [-0.2, 0) is 13.1 Å². The van der Waals surface area contributed by atoms with Gasteiger partial charge in [0.25, 0.3) is 5.91 Å². The molecule has 0 aliphatic heterocycles. The van der Waals surface area contributed by atoms with Crippen LogP contribution in [0.5, 0.6) is 11.5 Å². The van der Waals surface area contributed by atoms with Crippen molar-refractivity contribution in [2.75, 3.05) is 27.2 Å². The van der Waals surface area contributed by atoms with Crippen molar-refractivity contribution in [1.82, 2.24) is 15.5 Å². The molecule has 33 heavy (non-hydrogen) atoms. The van der Waals surface area contributed by atoms with Crippen molar-refractivity contribution in [3.8, 4) is 11.5 Å². The number of para-hydroxylation sites is 1. The summed E-state index contributed by atoms with van der Waals surface area (Å²) >= 11 is 0. The molecule has 0 spiro atoms. The molecular formula is C23H31F2IN4O3. The topological polar surface area (TPSA) is 75.2 Å². The number of halogens is 3. The van der Waals surface area contributed by atoms with Crippen molar-refractivity contribution >= 4 is 35.8 Å². The van der Waals surface area contributed by atoms with E-state index in [2.05, 4.69) is 15.6 Å². The second-order valence-corrected chi connectivity index (χ2v) is 7.00. The van der Waals surface area contributed by atoms with E-state index in [4.69, 9.17) is 9.47 Å². The summed E-state index contributed by atoms with van der Waals surface area (Å²) in [5, 5.41) is 6.26. The first-order valence-corrected chi connectivity index (χ1v) is 10.4. The quantitative estimate of drug-likeness (QED) is 0.251. The zero-order valence-electron chi connectivity index (χ0n) is 19.2. The van der Waals surface area contributed by atoms with Crippen molar-refractivity contribution in [2.45, 2.75) is 33.5 Å². The Morgan fingerprint density at radius 3 is 2.36 bits per heavy atom. The lowest BCUT2D eigenvalue weighted by Crippen LogP contribution is -2.36. The third kappa shape index (κ3) is 9.03. The zero-order valence-corrected chi connectivity index (χ0v) is 21.6. The Bertz CT molecular complexity index is 909. The molecule has 2 aromatic rings. The number of guanidine groups is 1. The fraction of sp³-hybridized carbons (Fsp3) is 0.391. The van der Waals surface area contributed by atoms with Crippen molar-refractivity contribution in [1.29, 1.82) is 0 Å². The van der Waals surface area contributed by atoms with Gasteiger partial charge in [0.1, 0.15) is 0 Å². The summed E-state index contributed by atoms with van der Waals surface area (Å²) in [6.07, 6.45) is 0. The van der Waals surface area contributed by atoms with Gasteiger partial charge in [-0.05, 0) is 37.6 Å². The number of carbonyl (C=O) groups is 1. The molecule has 0 fully saturated rings. The van der Waals surface area contributed by atoms with E-state index in [9.17, 15) is 13.6 Å². The number of carbonyl (C=O) groups excluding carboxylic acids is 1. The molecule has 0 radical (unpaired) electrons. The molecule has 10 heteroatoms. The highest BCUT2D eigenvalue weighted by atomic mass is 127. The lowest BCUT2D eigenvalue weighted by atomic mass is 10.1. The standard InChI is InChI=1S/C23H30F2N4O3.HI/c1-5-26-23(27-14-16-10-12-17(13-11-16)21(30)29(3)4)28-15-18-8-7-9-19(31-6-2)20(18)32-22(24)25;/h7-13,22H,5-6,14-15H2,1-4H3,(H2,26,27,28);1H. The number of amides is 1. The summed E-state index contributed by atoms with van der Waals surface area (Å²) in [6, 6.07) is 12.2. The summed E-state index contributed by atoms with van der Waals surface area (Å²) in [5.41, 5.74) is 2.06. The Kier molecular flexibility index (Phi) is 12.5. The average molecular weight is 576 g/mol. The monoisotopic (exact) mass is 576 g/mol. The molecule has 0 atom stereocenters. The van der Waals surface area contributed by atoms with Gasteiger partial charge in [-0.1, -0.05) is 24.3 Å². The smallest absolute Gasteiger partial charge is 0.387 e. The van der Waals surface area contributed by atoms with Crippen LogP contribution in [0.15, 0.2) is 47.5 Å². The van der Waals surface area contributed by atoms with Crippen molar-refractivity contribution in [2.24, 2.45) is 4.99 Å². The molecule has 2 rings (SSSR count). The van der Waals surface area contributed by atoms with Gasteiger partial charge in [0.05, 0.1) is 13.2 Å². The fourth-order valence-electron chi connectivity index (χ4n) is 2.89. The number of nitrogens with one attached hydrogen (secondary N) is 2. The molecule has 0 heterocycles. The van der Waals surface area contributed by atoms with Gasteiger partial charge >= 0.3 is 6.61 Å². The van der Waals surface area contributed by atoms with E-state index >= 15 is 0 Å². The third-order valence-corrected chi connectivity index (χ3v) is 4.38. The number of hydrogen-bond donors (Lipinski definition) is 2. The summed E-state index contributed by atoms with van der Waals surface area (Å²) < 4.78 is 36.0. The van der Waals surface area contributed by atoms with Gasteiger partial charge < -0.3 is 25.0 Å². The predicted octanol–water partition coefficient (Wildman–Crippen LogP) is 4.26. The van der Waals surface area contributed by atoms with Crippen LogP contribution in [-0.4, -0.2) is 50.6 Å². The molecule has 7 nitrogen and oxygen atoms in total. The minimum absolute atomic E-state index is 0. The maximum absolute atomic E-state index is 12.9. The lowest BCUT2D eigenvalue weighted by molar-refractivity contribution is -0.0520. The van der Waals surface area contributed by atoms with E-state index in [1.165, 1.54) is 4.90 Å². The predicted molar refractivity (Wildman–Crippen MR) is 136 cm³/mol. The number of benzene rings is 2. The molecule has 2 aromatic carbocycles. The lowest BCUT2D eigenvalue weighted by Gasteiger charge is -2.17. The van der Waals surface area contributed by atoms with Crippen LogP contribution in [0.3, 0.4) is 0 Å². The second-order valence-electron chi connectivity index (χ2n) is 7.00. The first-order chi connectivity index (χ1) is 15.3. The maximum Gasteiger partial charge on any atom is 0.387 e. The Morgan fingerprint density at radius 2 is 1.79 bits per heavy atom. The van der Waals surface area contributed by atoms with Crippen LogP contribution >= 0.6 is 24.0 Å². The number of aliphatic imine (C=N–C) groups is 1. The fourth-order valence-corrected chi connectivity index (χ4v) is 2.89. The van der Waals surface area contributed by atoms with E-state index in [0.717, 1.165) is 5.56 Å². The Balaban J connectivity index is 0.00000544. The number of ether oxygens (including phenoxy) is 2. The highest BCUT2D eigenvalue weighted by Gasteiger charge is 2.16. The SMILES string of the molecule is CCNC(=NCc1ccc(C(=O)N(C)C)cc1)NCc1cccc(OCC)c1OC(F)F.I. The molecule has 0 aliphatic carbocycles. The van der Waals surface area contributed by atoms with Crippen LogP contribution in [0.2, 0.25) is 0 Å². The van der Waals surface area contributed by atoms with E-state index in [1.54, 1.807) is 51.4 Å². The summed E-state index contributed by atoms with van der Waals surface area (Å²) in [7, 11) is 3.41. The summed E-state index contributed by atoms with van der Waals surface area (Å²) in [5.74, 6) is 0.729. The highest BCUT2D eigenvalue weighted by molar-refractivity contribution is 14.0. The Morgan fingerprint density at radius 1 is 1.09 bits per heavy atom. The number of hydrogen-bond acceptors (Lipinski definition) is 4. The van der Waals surface area contributed by atoms with Gasteiger partial charge in [0, 0.05) is 38.3 Å². The molecule has 182 valence electrons. The minimum atomic E-state index is -2.96. The van der Waals surface area contributed by atoms with Crippen molar-refractivity contribution < 1.29 is 23.0 Å². The first-order valence-electron chi connectivity index (χ1n) is 10.4. The van der Waals surface area contributed by atoms with E-state index in [0.29, 0.717) is 36.8 Å². The van der Waals surface area contributed by atoms with Gasteiger partial charge in [-0.3, -0.25) is 4.79 Å². The minimum Gasteiger partial charge on any atom is -0.490 e. The molecule has 2 N–H and O–H groups in total. The van der Waals surface area contributed by atoms with E-state index in [-0.39, 0.29) is 47.9 Å². The second kappa shape index (κ2) is 14.5. The molecule has 0 saturated carbocycles. The van der Waals surface area contributed by atoms with E-state index in [1.807, 2.05) is 19.1 Å². The number of alkyl halides is 2. The molecule has 0 aliphatic rings. The van der Waals surface area contributed by atoms with Gasteiger partial charge in [-0.2, -0.15) is 8.78 Å². The molecule has 1 amide bonds. The third-order valence-electron chi connectivity index (χ3n) is 4.38. The summed E-state index contributed by atoms with van der Waals surface area (Å²) in [4.78, 5) is 18.1. The maximum atomic E-state index is 12.9. The van der Waals surface area contributed by atoms with Crippen LogP contribution < -0.4 is 20.1 Å². The number of nitrogens with zero attached hydrogens (tertiary/aromatic N) is 2. The summed E-state index contributed by atoms with van der Waals surface area (Å²) in [6.45, 7) is 2.30. The van der Waals surface area contributed by atoms with Gasteiger partial charge in [0.2, 0.25) is 0 Å². The molecular weight excluding hydrogens is 545 g/mol. The van der Waals surface area contributed by atoms with Crippen LogP contribution in [0.1, 0.15) is 35.3 Å². The van der Waals surface area contributed by atoms with Gasteiger partial charge in [0.15, 0.2) is 17.5 Å². The molecule has 0 aromatic heterocycles. The van der Waals surface area contributed by atoms with Gasteiger partial charge in [-0.15, -0.1) is 24.0 Å². The number of rotatable bonds is 10. The van der Waals surface area contributed by atoms with Crippen LogP contribution in [0.25, 0.3) is 0 Å². The zero-order chi connectivity index (χ0) is 23.5. The van der Waals surface area contributed by atoms with Crippen molar-refractivity contribution in [3.63, 3.8) is 0 Å². The van der Waals surface area contributed by atoms with Gasteiger partial charge in [-0.25, -0.2) is 4.99 Å². The normalized spacial score (nSPS) is 10.9. The molecule has 0 unspecified atom stereocenters. The van der Waals surface area contributed by atoms with Crippen LogP contribution in [0, 0.1) is 0 Å². The molecule has 0 saturated heterocycles. The Labute approximate surface area is 210 Å². The molecule has 0 bridgehead atoms. The first kappa shape index (κ1) is 28.4. The van der Waals surface area contributed by atoms with E-state index < -0.39 is 6.61 Å². The Hall–Kier alpha value is -2.63. The van der Waals surface area contributed by atoms with Crippen molar-refractivity contribution in [3.05, 3.63) is 59.2 Å². The van der Waals surface area contributed by atoms with Crippen LogP contribution in [0.4, 0.5) is 8.78 Å². The largest absolute Gasteiger partial charge is 0.490 e.